The Kier molecular flexibility index (Phi) is 4.97. The zero-order valence-electron chi connectivity index (χ0n) is 16.9. The number of aromatic nitrogens is 2. The molecule has 0 radical (unpaired) electrons. The van der Waals surface area contributed by atoms with Crippen LogP contribution in [-0.4, -0.2) is 49.4 Å². The summed E-state index contributed by atoms with van der Waals surface area (Å²) in [7, 11) is -2.20. The lowest BCUT2D eigenvalue weighted by atomic mass is 9.99. The number of aliphatic hydroxyl groups excluding tert-OH is 1. The molecular weight excluding hydrogens is 406 g/mol. The van der Waals surface area contributed by atoms with Gasteiger partial charge in [0.15, 0.2) is 11.2 Å². The molecule has 10 heteroatoms. The number of aryl methyl sites for hydroxylation is 2. The molecule has 9 nitrogen and oxygen atoms in total. The van der Waals surface area contributed by atoms with Crippen molar-refractivity contribution in [3.63, 3.8) is 0 Å². The van der Waals surface area contributed by atoms with Crippen LogP contribution in [0.1, 0.15) is 35.1 Å². The summed E-state index contributed by atoms with van der Waals surface area (Å²) in [5.41, 5.74) is 5.94. The number of fused-ring (bicyclic) bond motifs is 3. The summed E-state index contributed by atoms with van der Waals surface area (Å²) in [6.07, 6.45) is 5.95. The monoisotopic (exact) mass is 433 g/mol. The van der Waals surface area contributed by atoms with Crippen molar-refractivity contribution in [2.45, 2.75) is 62.4 Å². The summed E-state index contributed by atoms with van der Waals surface area (Å²) in [4.78, 5) is -0.0681. The average molecular weight is 434 g/mol. The lowest BCUT2D eigenvalue weighted by Crippen LogP contribution is -2.42. The third-order valence-corrected chi connectivity index (χ3v) is 7.69. The Labute approximate surface area is 175 Å². The standard InChI is InChI=1S/C20H27N5O4S/c1-21-14-10-25-19(29-11-14)17(9-22-25)30(27,28)24-20(26)23-18-15-6-2-4-12(15)8-13-5-3-7-16(13)18/h8-9,14,20-21,23-24,26H,2-7,10-11H2,1H3/t14-,20?/m1/s1. The molecule has 3 aliphatic rings. The zero-order chi connectivity index (χ0) is 20.9. The van der Waals surface area contributed by atoms with Gasteiger partial charge >= 0.3 is 0 Å². The van der Waals surface area contributed by atoms with Crippen LogP contribution in [0.2, 0.25) is 0 Å². The molecule has 0 amide bonds. The Morgan fingerprint density at radius 2 is 1.90 bits per heavy atom. The molecule has 0 saturated heterocycles. The van der Waals surface area contributed by atoms with Gasteiger partial charge in [0.25, 0.3) is 10.0 Å². The molecule has 0 fully saturated rings. The molecule has 2 aromatic rings. The fourth-order valence-corrected chi connectivity index (χ4v) is 5.86. The second-order valence-electron chi connectivity index (χ2n) is 8.19. The van der Waals surface area contributed by atoms with Gasteiger partial charge in [-0.3, -0.25) is 0 Å². The zero-order valence-corrected chi connectivity index (χ0v) is 17.8. The van der Waals surface area contributed by atoms with E-state index in [1.807, 2.05) is 7.05 Å². The summed E-state index contributed by atoms with van der Waals surface area (Å²) >= 11 is 0. The number of aliphatic hydroxyl groups is 1. The van der Waals surface area contributed by atoms with Crippen molar-refractivity contribution in [1.29, 1.82) is 0 Å². The summed E-state index contributed by atoms with van der Waals surface area (Å²) in [6, 6.07) is 2.36. The van der Waals surface area contributed by atoms with Gasteiger partial charge in [-0.05, 0) is 67.8 Å². The van der Waals surface area contributed by atoms with E-state index in [0.717, 1.165) is 44.2 Å². The van der Waals surface area contributed by atoms with Gasteiger partial charge in [0, 0.05) is 5.69 Å². The molecule has 1 aromatic carbocycles. The molecule has 1 unspecified atom stereocenters. The van der Waals surface area contributed by atoms with Crippen molar-refractivity contribution in [3.8, 4) is 5.88 Å². The summed E-state index contributed by atoms with van der Waals surface area (Å²) < 4.78 is 35.3. The van der Waals surface area contributed by atoms with Crippen LogP contribution >= 0.6 is 0 Å². The minimum atomic E-state index is -4.02. The second kappa shape index (κ2) is 7.52. The summed E-state index contributed by atoms with van der Waals surface area (Å²) in [6.45, 7) is 0.873. The van der Waals surface area contributed by atoms with Crippen LogP contribution in [0.15, 0.2) is 17.2 Å². The molecule has 1 aliphatic heterocycles. The number of rotatable bonds is 6. The van der Waals surface area contributed by atoms with Crippen LogP contribution in [-0.2, 0) is 42.3 Å². The van der Waals surface area contributed by atoms with E-state index in [9.17, 15) is 13.5 Å². The summed E-state index contributed by atoms with van der Waals surface area (Å²) in [5, 5.41) is 20.9. The molecule has 5 rings (SSSR count). The van der Waals surface area contributed by atoms with Crippen molar-refractivity contribution < 1.29 is 18.3 Å². The Bertz CT molecular complexity index is 1050. The first-order valence-corrected chi connectivity index (χ1v) is 11.9. The van der Waals surface area contributed by atoms with Gasteiger partial charge < -0.3 is 20.5 Å². The van der Waals surface area contributed by atoms with E-state index in [2.05, 4.69) is 26.5 Å². The number of nitrogens with zero attached hydrogens (tertiary/aromatic N) is 2. The average Bonchev–Trinajstić information content (AvgIpc) is 3.45. The van der Waals surface area contributed by atoms with Gasteiger partial charge in [0.05, 0.1) is 18.8 Å². The Balaban J connectivity index is 1.37. The third-order valence-electron chi connectivity index (χ3n) is 6.29. The normalized spacial score (nSPS) is 20.9. The maximum atomic E-state index is 12.9. The van der Waals surface area contributed by atoms with Crippen LogP contribution in [0.3, 0.4) is 0 Å². The van der Waals surface area contributed by atoms with Crippen molar-refractivity contribution >= 4 is 15.7 Å². The number of likely N-dealkylation sites (N-methyl/N-ethyl adjacent to an activating group) is 1. The second-order valence-corrected chi connectivity index (χ2v) is 9.88. The topological polar surface area (TPSA) is 118 Å². The minimum absolute atomic E-state index is 0.0652. The summed E-state index contributed by atoms with van der Waals surface area (Å²) in [5.74, 6) is 0.197. The Morgan fingerprint density at radius 1 is 1.20 bits per heavy atom. The maximum absolute atomic E-state index is 12.9. The highest BCUT2D eigenvalue weighted by molar-refractivity contribution is 7.89. The van der Waals surface area contributed by atoms with Crippen molar-refractivity contribution in [1.82, 2.24) is 19.8 Å². The minimum Gasteiger partial charge on any atom is -0.475 e. The molecule has 162 valence electrons. The molecule has 0 spiro atoms. The smallest absolute Gasteiger partial charge is 0.251 e. The first kappa shape index (κ1) is 19.8. The highest BCUT2D eigenvalue weighted by atomic mass is 32.2. The van der Waals surface area contributed by atoms with Crippen molar-refractivity contribution in [3.05, 3.63) is 34.5 Å². The number of sulfonamides is 1. The first-order chi connectivity index (χ1) is 14.5. The number of ether oxygens (including phenoxy) is 1. The van der Waals surface area contributed by atoms with E-state index in [1.54, 1.807) is 0 Å². The number of hydrogen-bond donors (Lipinski definition) is 4. The fraction of sp³-hybridized carbons (Fsp3) is 0.550. The van der Waals surface area contributed by atoms with Crippen molar-refractivity contribution in [2.24, 2.45) is 0 Å². The van der Waals surface area contributed by atoms with Gasteiger partial charge in [0.1, 0.15) is 6.61 Å². The van der Waals surface area contributed by atoms with E-state index < -0.39 is 16.4 Å². The Morgan fingerprint density at radius 3 is 2.57 bits per heavy atom. The van der Waals surface area contributed by atoms with Crippen LogP contribution in [0.4, 0.5) is 5.69 Å². The van der Waals surface area contributed by atoms with E-state index >= 15 is 0 Å². The lowest BCUT2D eigenvalue weighted by Gasteiger charge is -2.24. The Hall–Kier alpha value is -2.14. The van der Waals surface area contributed by atoms with Gasteiger partial charge in [-0.1, -0.05) is 6.07 Å². The lowest BCUT2D eigenvalue weighted by molar-refractivity contribution is 0.182. The molecule has 2 atom stereocenters. The highest BCUT2D eigenvalue weighted by Crippen LogP contribution is 2.38. The van der Waals surface area contributed by atoms with Gasteiger partial charge in [-0.2, -0.15) is 9.82 Å². The van der Waals surface area contributed by atoms with E-state index in [-0.39, 0.29) is 16.8 Å². The highest BCUT2D eigenvalue weighted by Gasteiger charge is 2.31. The van der Waals surface area contributed by atoms with Gasteiger partial charge in [-0.25, -0.2) is 13.1 Å². The molecule has 0 bridgehead atoms. The maximum Gasteiger partial charge on any atom is 0.251 e. The molecule has 4 N–H and O–H groups in total. The SMILES string of the molecule is CN[C@H]1COc2c(S(=O)(=O)NC(O)Nc3c4c(cc5c3CCC5)CCC4)cnn2C1. The van der Waals surface area contributed by atoms with Gasteiger partial charge in [0.2, 0.25) is 5.88 Å². The predicted molar refractivity (Wildman–Crippen MR) is 111 cm³/mol. The third kappa shape index (κ3) is 3.37. The molecule has 0 saturated carbocycles. The fourth-order valence-electron chi connectivity index (χ4n) is 4.80. The molecule has 2 aliphatic carbocycles. The van der Waals surface area contributed by atoms with Gasteiger partial charge in [-0.15, -0.1) is 0 Å². The number of hydrogen-bond acceptors (Lipinski definition) is 7. The molecule has 30 heavy (non-hydrogen) atoms. The van der Waals surface area contributed by atoms with E-state index in [0.29, 0.717) is 13.2 Å². The number of nitrogens with one attached hydrogen (secondary N) is 3. The molecule has 2 heterocycles. The molecular formula is C20H27N5O4S. The van der Waals surface area contributed by atoms with E-state index in [1.165, 1.54) is 33.1 Å². The van der Waals surface area contributed by atoms with Crippen LogP contribution < -0.4 is 20.1 Å². The predicted octanol–water partition coefficient (Wildman–Crippen LogP) is 0.507. The van der Waals surface area contributed by atoms with Crippen LogP contribution in [0, 0.1) is 0 Å². The van der Waals surface area contributed by atoms with Crippen LogP contribution in [0.25, 0.3) is 0 Å². The largest absolute Gasteiger partial charge is 0.475 e. The van der Waals surface area contributed by atoms with E-state index in [4.69, 9.17) is 4.74 Å². The number of anilines is 1. The molecule has 1 aromatic heterocycles. The van der Waals surface area contributed by atoms with Crippen molar-refractivity contribution in [2.75, 3.05) is 19.0 Å². The first-order valence-electron chi connectivity index (χ1n) is 10.5. The van der Waals surface area contributed by atoms with Crippen LogP contribution in [0.5, 0.6) is 5.88 Å². The number of benzene rings is 1. The quantitative estimate of drug-likeness (QED) is 0.490.